The molecule has 1 aliphatic heterocycles. The maximum absolute atomic E-state index is 12.4. The molecule has 1 atom stereocenters. The van der Waals surface area contributed by atoms with Gasteiger partial charge in [-0.1, -0.05) is 18.2 Å². The van der Waals surface area contributed by atoms with Gasteiger partial charge in [0, 0.05) is 25.4 Å². The number of anilines is 2. The summed E-state index contributed by atoms with van der Waals surface area (Å²) in [6.07, 6.45) is 0. The van der Waals surface area contributed by atoms with Crippen molar-refractivity contribution in [2.45, 2.75) is 13.5 Å². The Labute approximate surface area is 163 Å². The highest BCUT2D eigenvalue weighted by atomic mass is 32.1. The zero-order valence-corrected chi connectivity index (χ0v) is 16.5. The Hall–Kier alpha value is -2.29. The van der Waals surface area contributed by atoms with E-state index >= 15 is 0 Å². The number of thiazole rings is 1. The summed E-state index contributed by atoms with van der Waals surface area (Å²) in [4.78, 5) is 33.6. The Kier molecular flexibility index (Phi) is 6.54. The molecule has 2 heterocycles. The lowest BCUT2D eigenvalue weighted by atomic mass is 10.3. The first kappa shape index (κ1) is 19.5. The van der Waals surface area contributed by atoms with Crippen LogP contribution in [0.15, 0.2) is 35.7 Å². The number of nitrogens with one attached hydrogen (secondary N) is 1. The second kappa shape index (κ2) is 9.07. The average Bonchev–Trinajstić information content (AvgIpc) is 3.10. The fourth-order valence-corrected chi connectivity index (χ4v) is 3.93. The van der Waals surface area contributed by atoms with Gasteiger partial charge in [0.2, 0.25) is 5.91 Å². The van der Waals surface area contributed by atoms with E-state index in [1.165, 1.54) is 18.3 Å². The van der Waals surface area contributed by atoms with Crippen molar-refractivity contribution in [1.82, 2.24) is 9.88 Å². The molecule has 1 unspecified atom stereocenters. The summed E-state index contributed by atoms with van der Waals surface area (Å²) >= 11 is 1.44. The molecule has 0 aliphatic carbocycles. The molecule has 7 nitrogen and oxygen atoms in total. The molecule has 2 amide bonds. The van der Waals surface area contributed by atoms with Gasteiger partial charge in [-0.15, -0.1) is 11.3 Å². The van der Waals surface area contributed by atoms with Gasteiger partial charge in [-0.25, -0.2) is 4.98 Å². The Morgan fingerprint density at radius 2 is 1.96 bits per heavy atom. The molecule has 1 fully saturated rings. The van der Waals surface area contributed by atoms with Gasteiger partial charge in [-0.3, -0.25) is 14.5 Å². The van der Waals surface area contributed by atoms with Crippen LogP contribution in [0, 0.1) is 0 Å². The lowest BCUT2D eigenvalue weighted by Gasteiger charge is -2.27. The molecule has 8 heteroatoms. The van der Waals surface area contributed by atoms with Gasteiger partial charge in [0.05, 0.1) is 25.9 Å². The number of ether oxygens (including phenoxy) is 1. The molecule has 144 valence electrons. The van der Waals surface area contributed by atoms with E-state index in [1.807, 2.05) is 47.7 Å². The summed E-state index contributed by atoms with van der Waals surface area (Å²) < 4.78 is 5.29. The van der Waals surface area contributed by atoms with Gasteiger partial charge in [0.15, 0.2) is 11.7 Å². The SMILES string of the molecule is CC(=O)N(c1ccccc1)c1nc(C[NH+](C)CC(=O)N2CCOCC2)cs1. The fraction of sp³-hybridized carbons (Fsp3) is 0.421. The standard InChI is InChI=1S/C19H24N4O3S/c1-15(24)23(17-6-4-3-5-7-17)19-20-16(14-27-19)12-21(2)13-18(25)22-8-10-26-11-9-22/h3-7,14H,8-13H2,1-2H3/p+1. The number of hydrogen-bond donors (Lipinski definition) is 1. The third-order valence-corrected chi connectivity index (χ3v) is 5.23. The van der Waals surface area contributed by atoms with Crippen LogP contribution < -0.4 is 9.80 Å². The third-order valence-electron chi connectivity index (χ3n) is 4.36. The van der Waals surface area contributed by atoms with Gasteiger partial charge in [0.1, 0.15) is 12.2 Å². The van der Waals surface area contributed by atoms with E-state index in [0.717, 1.165) is 16.3 Å². The number of nitrogens with zero attached hydrogens (tertiary/aromatic N) is 3. The van der Waals surface area contributed by atoms with Gasteiger partial charge in [-0.2, -0.15) is 0 Å². The van der Waals surface area contributed by atoms with Crippen molar-refractivity contribution in [2.75, 3.05) is 44.8 Å². The van der Waals surface area contributed by atoms with E-state index in [4.69, 9.17) is 4.74 Å². The number of rotatable bonds is 6. The quantitative estimate of drug-likeness (QED) is 0.790. The number of likely N-dealkylation sites (N-methyl/N-ethyl adjacent to an activating group) is 1. The predicted molar refractivity (Wildman–Crippen MR) is 104 cm³/mol. The molecule has 0 bridgehead atoms. The number of quaternary nitrogens is 1. The highest BCUT2D eigenvalue weighted by Gasteiger charge is 2.22. The molecular weight excluding hydrogens is 364 g/mol. The molecule has 1 aromatic carbocycles. The number of morpholine rings is 1. The Morgan fingerprint density at radius 1 is 1.26 bits per heavy atom. The minimum Gasteiger partial charge on any atom is -0.378 e. The minimum atomic E-state index is -0.0784. The van der Waals surface area contributed by atoms with E-state index in [-0.39, 0.29) is 11.8 Å². The lowest BCUT2D eigenvalue weighted by Crippen LogP contribution is -3.09. The minimum absolute atomic E-state index is 0.0784. The maximum atomic E-state index is 12.4. The molecule has 3 rings (SSSR count). The second-order valence-electron chi connectivity index (χ2n) is 6.62. The van der Waals surface area contributed by atoms with Crippen LogP contribution in [-0.2, 0) is 20.9 Å². The van der Waals surface area contributed by atoms with Gasteiger partial charge < -0.3 is 14.5 Å². The molecule has 1 N–H and O–H groups in total. The number of amides is 2. The van der Waals surface area contributed by atoms with Gasteiger partial charge >= 0.3 is 0 Å². The Bertz CT molecular complexity index is 774. The first-order chi connectivity index (χ1) is 13.0. The van der Waals surface area contributed by atoms with Crippen LogP contribution in [0.2, 0.25) is 0 Å². The zero-order valence-electron chi connectivity index (χ0n) is 15.7. The molecule has 0 saturated carbocycles. The zero-order chi connectivity index (χ0) is 19.2. The van der Waals surface area contributed by atoms with Crippen LogP contribution in [0.4, 0.5) is 10.8 Å². The van der Waals surface area contributed by atoms with Crippen molar-refractivity contribution >= 4 is 34.0 Å². The van der Waals surface area contributed by atoms with Crippen LogP contribution in [0.25, 0.3) is 0 Å². The molecule has 0 radical (unpaired) electrons. The van der Waals surface area contributed by atoms with E-state index in [9.17, 15) is 9.59 Å². The molecule has 27 heavy (non-hydrogen) atoms. The van der Waals surface area contributed by atoms with E-state index < -0.39 is 0 Å². The summed E-state index contributed by atoms with van der Waals surface area (Å²) in [5, 5.41) is 2.60. The van der Waals surface area contributed by atoms with E-state index in [2.05, 4.69) is 4.98 Å². The number of aromatic nitrogens is 1. The van der Waals surface area contributed by atoms with Crippen molar-refractivity contribution in [2.24, 2.45) is 0 Å². The monoisotopic (exact) mass is 389 g/mol. The summed E-state index contributed by atoms with van der Waals surface area (Å²) in [6.45, 7) is 5.14. The maximum Gasteiger partial charge on any atom is 0.277 e. The van der Waals surface area contributed by atoms with Crippen LogP contribution in [-0.4, -0.2) is 61.6 Å². The Morgan fingerprint density at radius 3 is 2.63 bits per heavy atom. The van der Waals surface area contributed by atoms with Gasteiger partial charge in [-0.05, 0) is 12.1 Å². The van der Waals surface area contributed by atoms with Crippen molar-refractivity contribution < 1.29 is 19.2 Å². The smallest absolute Gasteiger partial charge is 0.277 e. The van der Waals surface area contributed by atoms with Crippen LogP contribution >= 0.6 is 11.3 Å². The number of para-hydroxylation sites is 1. The second-order valence-corrected chi connectivity index (χ2v) is 7.45. The van der Waals surface area contributed by atoms with Crippen LogP contribution in [0.5, 0.6) is 0 Å². The Balaban J connectivity index is 1.62. The first-order valence-corrected chi connectivity index (χ1v) is 9.89. The molecule has 1 aliphatic rings. The molecular formula is C19H25N4O3S+. The summed E-state index contributed by atoms with van der Waals surface area (Å²) in [5.74, 6) is 0.0613. The van der Waals surface area contributed by atoms with Crippen LogP contribution in [0.1, 0.15) is 12.6 Å². The normalized spacial score (nSPS) is 15.4. The molecule has 1 saturated heterocycles. The predicted octanol–water partition coefficient (Wildman–Crippen LogP) is 0.701. The topological polar surface area (TPSA) is 67.2 Å². The fourth-order valence-electron chi connectivity index (χ4n) is 3.04. The van der Waals surface area contributed by atoms with E-state index in [0.29, 0.717) is 44.5 Å². The number of carbonyl (C=O) groups excluding carboxylic acids is 2. The van der Waals surface area contributed by atoms with E-state index in [1.54, 1.807) is 4.90 Å². The first-order valence-electron chi connectivity index (χ1n) is 9.01. The summed E-state index contributed by atoms with van der Waals surface area (Å²) in [7, 11) is 1.98. The highest BCUT2D eigenvalue weighted by molar-refractivity contribution is 7.14. The highest BCUT2D eigenvalue weighted by Crippen LogP contribution is 2.28. The molecule has 0 spiro atoms. The van der Waals surface area contributed by atoms with Crippen LogP contribution in [0.3, 0.4) is 0 Å². The summed E-state index contributed by atoms with van der Waals surface area (Å²) in [5.41, 5.74) is 1.68. The van der Waals surface area contributed by atoms with Crippen molar-refractivity contribution in [1.29, 1.82) is 0 Å². The third kappa shape index (κ3) is 5.12. The van der Waals surface area contributed by atoms with Gasteiger partial charge in [0.25, 0.3) is 5.91 Å². The average molecular weight is 390 g/mol. The number of hydrogen-bond acceptors (Lipinski definition) is 5. The number of benzene rings is 1. The molecule has 2 aromatic rings. The summed E-state index contributed by atoms with van der Waals surface area (Å²) in [6, 6.07) is 9.49. The van der Waals surface area contributed by atoms with Crippen molar-refractivity contribution in [3.63, 3.8) is 0 Å². The van der Waals surface area contributed by atoms with Crippen molar-refractivity contribution in [3.8, 4) is 0 Å². The molecule has 1 aromatic heterocycles. The van der Waals surface area contributed by atoms with Crippen molar-refractivity contribution in [3.05, 3.63) is 41.4 Å². The number of carbonyl (C=O) groups is 2. The lowest BCUT2D eigenvalue weighted by molar-refractivity contribution is -0.886. The largest absolute Gasteiger partial charge is 0.378 e.